The fourth-order valence-corrected chi connectivity index (χ4v) is 2.98. The standard InChI is InChI=1S/C21H22F2N4O3/c1-13(2)12-27-19-6-3-14(9-15(19)11-25-27)20(26-30-8-7-24-21(28)29)17-5-4-16(22)10-18(17)23/h3-6,9-11,13,24H,7-8,12H2,1-2H3,(H,28,29). The highest BCUT2D eigenvalue weighted by atomic mass is 19.1. The van der Waals surface area contributed by atoms with Crippen LogP contribution in [0.1, 0.15) is 25.0 Å². The molecule has 0 unspecified atom stereocenters. The van der Waals surface area contributed by atoms with Gasteiger partial charge in [0.25, 0.3) is 0 Å². The van der Waals surface area contributed by atoms with Crippen LogP contribution in [-0.4, -0.2) is 39.8 Å². The van der Waals surface area contributed by atoms with Gasteiger partial charge in [0.15, 0.2) is 0 Å². The van der Waals surface area contributed by atoms with E-state index in [-0.39, 0.29) is 24.4 Å². The minimum Gasteiger partial charge on any atom is -0.465 e. The molecule has 1 aromatic heterocycles. The van der Waals surface area contributed by atoms with Crippen LogP contribution in [-0.2, 0) is 11.4 Å². The SMILES string of the molecule is CC(C)Cn1ncc2cc(C(=NOCCNC(=O)O)c3ccc(F)cc3F)ccc21. The molecule has 0 saturated carbocycles. The number of carbonyl (C=O) groups is 1. The van der Waals surface area contributed by atoms with Crippen molar-refractivity contribution in [2.24, 2.45) is 11.1 Å². The maximum absolute atomic E-state index is 14.4. The van der Waals surface area contributed by atoms with Gasteiger partial charge in [0.05, 0.1) is 18.3 Å². The van der Waals surface area contributed by atoms with Gasteiger partial charge < -0.3 is 15.3 Å². The van der Waals surface area contributed by atoms with Gasteiger partial charge in [0.2, 0.25) is 0 Å². The summed E-state index contributed by atoms with van der Waals surface area (Å²) in [5.41, 5.74) is 1.72. The van der Waals surface area contributed by atoms with E-state index in [2.05, 4.69) is 29.4 Å². The van der Waals surface area contributed by atoms with Gasteiger partial charge in [0.1, 0.15) is 24.0 Å². The van der Waals surface area contributed by atoms with Crippen LogP contribution in [0, 0.1) is 17.6 Å². The molecule has 0 aliphatic rings. The molecular weight excluding hydrogens is 394 g/mol. The molecule has 3 rings (SSSR count). The summed E-state index contributed by atoms with van der Waals surface area (Å²) in [5.74, 6) is -1.06. The van der Waals surface area contributed by atoms with Crippen LogP contribution in [0.2, 0.25) is 0 Å². The lowest BCUT2D eigenvalue weighted by molar-refractivity contribution is 0.141. The summed E-state index contributed by atoms with van der Waals surface area (Å²) in [4.78, 5) is 15.7. The number of nitrogens with one attached hydrogen (secondary N) is 1. The Kier molecular flexibility index (Phi) is 6.61. The van der Waals surface area contributed by atoms with E-state index in [1.54, 1.807) is 18.3 Å². The Morgan fingerprint density at radius 3 is 2.77 bits per heavy atom. The molecule has 0 atom stereocenters. The topological polar surface area (TPSA) is 88.7 Å². The first kappa shape index (κ1) is 21.2. The third-order valence-electron chi connectivity index (χ3n) is 4.27. The van der Waals surface area contributed by atoms with Crippen LogP contribution in [0.25, 0.3) is 10.9 Å². The Morgan fingerprint density at radius 2 is 2.07 bits per heavy atom. The number of fused-ring (bicyclic) bond motifs is 1. The molecular formula is C21H22F2N4O3. The number of benzene rings is 2. The second kappa shape index (κ2) is 9.34. The van der Waals surface area contributed by atoms with E-state index in [0.717, 1.165) is 29.6 Å². The highest BCUT2D eigenvalue weighted by Gasteiger charge is 2.16. The van der Waals surface area contributed by atoms with E-state index in [4.69, 9.17) is 9.94 Å². The molecule has 158 valence electrons. The lowest BCUT2D eigenvalue weighted by Crippen LogP contribution is -2.24. The molecule has 1 amide bonds. The van der Waals surface area contributed by atoms with Gasteiger partial charge in [-0.1, -0.05) is 25.1 Å². The molecule has 0 fully saturated rings. The minimum absolute atomic E-state index is 0.0129. The first-order chi connectivity index (χ1) is 14.3. The lowest BCUT2D eigenvalue weighted by atomic mass is 10.0. The summed E-state index contributed by atoms with van der Waals surface area (Å²) in [5, 5.41) is 20.0. The smallest absolute Gasteiger partial charge is 0.404 e. The number of rotatable bonds is 8. The fraction of sp³-hybridized carbons (Fsp3) is 0.286. The molecule has 7 nitrogen and oxygen atoms in total. The predicted molar refractivity (Wildman–Crippen MR) is 109 cm³/mol. The third kappa shape index (κ3) is 5.11. The molecule has 0 aliphatic carbocycles. The summed E-state index contributed by atoms with van der Waals surface area (Å²) >= 11 is 0. The number of hydrogen-bond acceptors (Lipinski definition) is 4. The number of aromatic nitrogens is 2. The number of oxime groups is 1. The van der Waals surface area contributed by atoms with Gasteiger partial charge in [-0.15, -0.1) is 0 Å². The third-order valence-corrected chi connectivity index (χ3v) is 4.27. The van der Waals surface area contributed by atoms with E-state index in [9.17, 15) is 13.6 Å². The number of amides is 1. The Balaban J connectivity index is 1.95. The number of nitrogens with zero attached hydrogens (tertiary/aromatic N) is 3. The number of carboxylic acid groups (broad SMARTS) is 1. The quantitative estimate of drug-likeness (QED) is 0.330. The molecule has 2 aromatic carbocycles. The zero-order valence-electron chi connectivity index (χ0n) is 16.6. The molecule has 3 aromatic rings. The number of halogens is 2. The minimum atomic E-state index is -1.18. The molecule has 2 N–H and O–H groups in total. The first-order valence-electron chi connectivity index (χ1n) is 9.43. The average Bonchev–Trinajstić information content (AvgIpc) is 3.06. The average molecular weight is 416 g/mol. The van der Waals surface area contributed by atoms with Crippen molar-refractivity contribution in [2.45, 2.75) is 20.4 Å². The van der Waals surface area contributed by atoms with Crippen molar-refractivity contribution < 1.29 is 23.5 Å². The van der Waals surface area contributed by atoms with Crippen molar-refractivity contribution in [3.8, 4) is 0 Å². The highest BCUT2D eigenvalue weighted by molar-refractivity contribution is 6.14. The molecule has 30 heavy (non-hydrogen) atoms. The normalized spacial score (nSPS) is 11.8. The molecule has 0 radical (unpaired) electrons. The second-order valence-corrected chi connectivity index (χ2v) is 7.12. The van der Waals surface area contributed by atoms with Crippen molar-refractivity contribution in [3.63, 3.8) is 0 Å². The maximum Gasteiger partial charge on any atom is 0.404 e. The lowest BCUT2D eigenvalue weighted by Gasteiger charge is -2.10. The van der Waals surface area contributed by atoms with Gasteiger partial charge in [-0.2, -0.15) is 5.10 Å². The maximum atomic E-state index is 14.4. The number of hydrogen-bond donors (Lipinski definition) is 2. The van der Waals surface area contributed by atoms with Gasteiger partial charge in [0, 0.05) is 29.1 Å². The summed E-state index contributed by atoms with van der Waals surface area (Å²) in [6.07, 6.45) is 0.536. The van der Waals surface area contributed by atoms with Crippen LogP contribution in [0.15, 0.2) is 47.8 Å². The second-order valence-electron chi connectivity index (χ2n) is 7.12. The molecule has 0 spiro atoms. The Hall–Kier alpha value is -3.49. The van der Waals surface area contributed by atoms with Crippen LogP contribution < -0.4 is 5.32 Å². The predicted octanol–water partition coefficient (Wildman–Crippen LogP) is 4.01. The zero-order chi connectivity index (χ0) is 21.7. The fourth-order valence-electron chi connectivity index (χ4n) is 2.98. The van der Waals surface area contributed by atoms with E-state index in [1.165, 1.54) is 6.07 Å². The largest absolute Gasteiger partial charge is 0.465 e. The molecule has 0 saturated heterocycles. The monoisotopic (exact) mass is 416 g/mol. The van der Waals surface area contributed by atoms with Crippen LogP contribution in [0.5, 0.6) is 0 Å². The van der Waals surface area contributed by atoms with Crippen LogP contribution in [0.4, 0.5) is 13.6 Å². The summed E-state index contributed by atoms with van der Waals surface area (Å²) in [7, 11) is 0. The van der Waals surface area contributed by atoms with E-state index in [0.29, 0.717) is 11.5 Å². The van der Waals surface area contributed by atoms with Crippen LogP contribution in [0.3, 0.4) is 0 Å². The van der Waals surface area contributed by atoms with E-state index >= 15 is 0 Å². The Bertz CT molecular complexity index is 1080. The van der Waals surface area contributed by atoms with Crippen molar-refractivity contribution in [1.82, 2.24) is 15.1 Å². The van der Waals surface area contributed by atoms with Gasteiger partial charge in [-0.25, -0.2) is 13.6 Å². The van der Waals surface area contributed by atoms with Gasteiger partial charge >= 0.3 is 6.09 Å². The first-order valence-corrected chi connectivity index (χ1v) is 9.43. The van der Waals surface area contributed by atoms with Gasteiger partial charge in [-0.05, 0) is 30.2 Å². The van der Waals surface area contributed by atoms with Crippen LogP contribution >= 0.6 is 0 Å². The van der Waals surface area contributed by atoms with Gasteiger partial charge in [-0.3, -0.25) is 4.68 Å². The Labute approximate surface area is 171 Å². The summed E-state index contributed by atoms with van der Waals surface area (Å²) in [6, 6.07) is 8.63. The molecule has 0 bridgehead atoms. The van der Waals surface area contributed by atoms with Crippen molar-refractivity contribution in [2.75, 3.05) is 13.2 Å². The molecule has 0 aliphatic heterocycles. The molecule has 1 heterocycles. The highest BCUT2D eigenvalue weighted by Crippen LogP contribution is 2.21. The Morgan fingerprint density at radius 1 is 1.27 bits per heavy atom. The van der Waals surface area contributed by atoms with E-state index < -0.39 is 17.7 Å². The summed E-state index contributed by atoms with van der Waals surface area (Å²) in [6.45, 7) is 4.92. The molecule has 9 heteroatoms. The van der Waals surface area contributed by atoms with Crippen molar-refractivity contribution in [1.29, 1.82) is 0 Å². The van der Waals surface area contributed by atoms with Crippen molar-refractivity contribution >= 4 is 22.7 Å². The zero-order valence-corrected chi connectivity index (χ0v) is 16.6. The van der Waals surface area contributed by atoms with E-state index in [1.807, 2.05) is 10.7 Å². The van der Waals surface area contributed by atoms with Crippen molar-refractivity contribution in [3.05, 3.63) is 65.4 Å². The summed E-state index contributed by atoms with van der Waals surface area (Å²) < 4.78 is 29.7.